The van der Waals surface area contributed by atoms with Crippen LogP contribution in [0.2, 0.25) is 0 Å². The zero-order valence-corrected chi connectivity index (χ0v) is 9.43. The third kappa shape index (κ3) is 2.22. The Labute approximate surface area is 95.2 Å². The van der Waals surface area contributed by atoms with Crippen LogP contribution >= 0.6 is 0 Å². The van der Waals surface area contributed by atoms with Gasteiger partial charge in [-0.3, -0.25) is 9.78 Å². The molecule has 86 valence electrons. The third-order valence-electron chi connectivity index (χ3n) is 2.93. The van der Waals surface area contributed by atoms with Crippen LogP contribution in [0.5, 0.6) is 0 Å². The van der Waals surface area contributed by atoms with Gasteiger partial charge in [0, 0.05) is 26.0 Å². The van der Waals surface area contributed by atoms with Gasteiger partial charge in [0.05, 0.1) is 6.04 Å². The Balaban J connectivity index is 2.12. The van der Waals surface area contributed by atoms with Crippen molar-refractivity contribution < 1.29 is 9.53 Å². The minimum atomic E-state index is 0.0711. The molecule has 0 aliphatic carbocycles. The average Bonchev–Trinajstić information content (AvgIpc) is 2.79. The van der Waals surface area contributed by atoms with Crippen molar-refractivity contribution in [2.24, 2.45) is 0 Å². The van der Waals surface area contributed by atoms with Gasteiger partial charge < -0.3 is 9.64 Å². The van der Waals surface area contributed by atoms with Crippen molar-refractivity contribution in [3.63, 3.8) is 0 Å². The van der Waals surface area contributed by atoms with E-state index in [1.54, 1.807) is 19.5 Å². The summed E-state index contributed by atoms with van der Waals surface area (Å²) in [5, 5.41) is 0. The molecule has 1 unspecified atom stereocenters. The fourth-order valence-corrected chi connectivity index (χ4v) is 2.20. The lowest BCUT2D eigenvalue weighted by Crippen LogP contribution is -2.33. The number of hydrogen-bond acceptors (Lipinski definition) is 3. The van der Waals surface area contributed by atoms with E-state index in [9.17, 15) is 4.79 Å². The normalized spacial score (nSPS) is 20.1. The molecule has 2 heterocycles. The number of carbonyl (C=O) groups is 1. The standard InChI is InChI=1S/C12H16N2O2/c1-16-9-12(15)14-8-2-3-11(14)10-4-6-13-7-5-10/h4-7,11H,2-3,8-9H2,1H3. The van der Waals surface area contributed by atoms with Crippen molar-refractivity contribution in [2.75, 3.05) is 20.3 Å². The summed E-state index contributed by atoms with van der Waals surface area (Å²) in [4.78, 5) is 17.7. The second-order valence-corrected chi connectivity index (χ2v) is 3.96. The molecule has 0 aromatic carbocycles. The van der Waals surface area contributed by atoms with E-state index < -0.39 is 0 Å². The van der Waals surface area contributed by atoms with Crippen molar-refractivity contribution >= 4 is 5.91 Å². The van der Waals surface area contributed by atoms with Crippen molar-refractivity contribution in [3.05, 3.63) is 30.1 Å². The molecule has 1 aromatic heterocycles. The molecule has 0 saturated carbocycles. The number of rotatable bonds is 3. The highest BCUT2D eigenvalue weighted by atomic mass is 16.5. The molecule has 0 radical (unpaired) electrons. The molecule has 1 amide bonds. The molecular formula is C12H16N2O2. The topological polar surface area (TPSA) is 42.4 Å². The van der Waals surface area contributed by atoms with E-state index in [1.165, 1.54) is 0 Å². The van der Waals surface area contributed by atoms with E-state index in [2.05, 4.69) is 4.98 Å². The van der Waals surface area contributed by atoms with Crippen LogP contribution in [0.15, 0.2) is 24.5 Å². The van der Waals surface area contributed by atoms with Crippen LogP contribution in [0.3, 0.4) is 0 Å². The first-order chi connectivity index (χ1) is 7.83. The minimum absolute atomic E-state index is 0.0711. The maximum absolute atomic E-state index is 11.8. The van der Waals surface area contributed by atoms with Gasteiger partial charge in [0.1, 0.15) is 6.61 Å². The number of carbonyl (C=O) groups excluding carboxylic acids is 1. The molecule has 0 bridgehead atoms. The molecule has 1 aliphatic rings. The predicted molar refractivity (Wildman–Crippen MR) is 59.8 cm³/mol. The second-order valence-electron chi connectivity index (χ2n) is 3.96. The molecule has 0 spiro atoms. The van der Waals surface area contributed by atoms with Gasteiger partial charge in [0.2, 0.25) is 5.91 Å². The van der Waals surface area contributed by atoms with Gasteiger partial charge in [-0.15, -0.1) is 0 Å². The second kappa shape index (κ2) is 5.07. The summed E-state index contributed by atoms with van der Waals surface area (Å²) in [6.45, 7) is 0.997. The summed E-state index contributed by atoms with van der Waals surface area (Å²) in [6.07, 6.45) is 5.63. The van der Waals surface area contributed by atoms with E-state index in [0.29, 0.717) is 0 Å². The van der Waals surface area contributed by atoms with Crippen molar-refractivity contribution in [1.82, 2.24) is 9.88 Å². The summed E-state index contributed by atoms with van der Waals surface area (Å²) < 4.78 is 4.90. The SMILES string of the molecule is COCC(=O)N1CCCC1c1ccncc1. The van der Waals surface area contributed by atoms with Crippen LogP contribution < -0.4 is 0 Å². The van der Waals surface area contributed by atoms with Crippen molar-refractivity contribution in [2.45, 2.75) is 18.9 Å². The fourth-order valence-electron chi connectivity index (χ4n) is 2.20. The monoisotopic (exact) mass is 220 g/mol. The lowest BCUT2D eigenvalue weighted by atomic mass is 10.1. The molecular weight excluding hydrogens is 204 g/mol. The van der Waals surface area contributed by atoms with Crippen molar-refractivity contribution in [3.8, 4) is 0 Å². The Kier molecular flexibility index (Phi) is 3.51. The van der Waals surface area contributed by atoms with Gasteiger partial charge in [-0.1, -0.05) is 0 Å². The number of amides is 1. The summed E-state index contributed by atoms with van der Waals surface area (Å²) in [7, 11) is 1.55. The minimum Gasteiger partial charge on any atom is -0.375 e. The first-order valence-corrected chi connectivity index (χ1v) is 5.51. The lowest BCUT2D eigenvalue weighted by Gasteiger charge is -2.24. The molecule has 0 N–H and O–H groups in total. The number of nitrogens with zero attached hydrogens (tertiary/aromatic N) is 2. The summed E-state index contributed by atoms with van der Waals surface area (Å²) in [6, 6.07) is 4.15. The first kappa shape index (κ1) is 11.1. The Morgan fingerprint density at radius 3 is 3.00 bits per heavy atom. The summed E-state index contributed by atoms with van der Waals surface area (Å²) in [5.74, 6) is 0.0711. The van der Waals surface area contributed by atoms with Gasteiger partial charge in [-0.25, -0.2) is 0 Å². The maximum atomic E-state index is 11.8. The Morgan fingerprint density at radius 2 is 2.31 bits per heavy atom. The van der Waals surface area contributed by atoms with E-state index >= 15 is 0 Å². The van der Waals surface area contributed by atoms with Crippen LogP contribution in [-0.4, -0.2) is 36.1 Å². The highest BCUT2D eigenvalue weighted by molar-refractivity contribution is 5.78. The van der Waals surface area contributed by atoms with Gasteiger partial charge in [0.15, 0.2) is 0 Å². The molecule has 16 heavy (non-hydrogen) atoms. The highest BCUT2D eigenvalue weighted by Gasteiger charge is 2.29. The van der Waals surface area contributed by atoms with Gasteiger partial charge in [-0.2, -0.15) is 0 Å². The van der Waals surface area contributed by atoms with Crippen molar-refractivity contribution in [1.29, 1.82) is 0 Å². The van der Waals surface area contributed by atoms with E-state index in [1.807, 2.05) is 17.0 Å². The van der Waals surface area contributed by atoms with Crippen LogP contribution in [-0.2, 0) is 9.53 Å². The molecule has 2 rings (SSSR count). The fraction of sp³-hybridized carbons (Fsp3) is 0.500. The Morgan fingerprint density at radius 1 is 1.56 bits per heavy atom. The smallest absolute Gasteiger partial charge is 0.249 e. The molecule has 1 atom stereocenters. The van der Waals surface area contributed by atoms with Crippen LogP contribution in [0, 0.1) is 0 Å². The molecule has 1 aromatic rings. The number of aromatic nitrogens is 1. The zero-order valence-electron chi connectivity index (χ0n) is 9.43. The molecule has 4 heteroatoms. The Bertz CT molecular complexity index is 353. The van der Waals surface area contributed by atoms with E-state index in [4.69, 9.17) is 4.74 Å². The van der Waals surface area contributed by atoms with Gasteiger partial charge in [0.25, 0.3) is 0 Å². The first-order valence-electron chi connectivity index (χ1n) is 5.51. The maximum Gasteiger partial charge on any atom is 0.249 e. The molecule has 1 fully saturated rings. The Hall–Kier alpha value is -1.42. The van der Waals surface area contributed by atoms with E-state index in [0.717, 1.165) is 24.9 Å². The highest BCUT2D eigenvalue weighted by Crippen LogP contribution is 2.31. The molecule has 1 saturated heterocycles. The predicted octanol–water partition coefficient (Wildman–Crippen LogP) is 1.39. The molecule has 1 aliphatic heterocycles. The molecule has 4 nitrogen and oxygen atoms in total. The number of pyridine rings is 1. The number of hydrogen-bond donors (Lipinski definition) is 0. The van der Waals surface area contributed by atoms with Crippen LogP contribution in [0.4, 0.5) is 0 Å². The van der Waals surface area contributed by atoms with Crippen LogP contribution in [0.25, 0.3) is 0 Å². The third-order valence-corrected chi connectivity index (χ3v) is 2.93. The summed E-state index contributed by atoms with van der Waals surface area (Å²) in [5.41, 5.74) is 1.16. The summed E-state index contributed by atoms with van der Waals surface area (Å²) >= 11 is 0. The van der Waals surface area contributed by atoms with Gasteiger partial charge >= 0.3 is 0 Å². The van der Waals surface area contributed by atoms with Gasteiger partial charge in [-0.05, 0) is 30.5 Å². The zero-order chi connectivity index (χ0) is 11.4. The largest absolute Gasteiger partial charge is 0.375 e. The number of likely N-dealkylation sites (tertiary alicyclic amines) is 1. The van der Waals surface area contributed by atoms with Crippen LogP contribution in [0.1, 0.15) is 24.4 Å². The lowest BCUT2D eigenvalue weighted by molar-refractivity contribution is -0.136. The quantitative estimate of drug-likeness (QED) is 0.773. The number of ether oxygens (including phenoxy) is 1. The number of methoxy groups -OCH3 is 1. The van der Waals surface area contributed by atoms with E-state index in [-0.39, 0.29) is 18.6 Å². The average molecular weight is 220 g/mol.